The maximum Gasteiger partial charge on any atom is 0.220 e. The number of carbonyl (C=O) groups is 1. The van der Waals surface area contributed by atoms with Gasteiger partial charge in [0.15, 0.2) is 0 Å². The van der Waals surface area contributed by atoms with E-state index in [1.807, 2.05) is 6.20 Å². The summed E-state index contributed by atoms with van der Waals surface area (Å²) >= 11 is 0. The van der Waals surface area contributed by atoms with E-state index in [2.05, 4.69) is 20.9 Å². The molecule has 1 amide bonds. The van der Waals surface area contributed by atoms with Crippen molar-refractivity contribution in [3.8, 4) is 0 Å². The molecular weight excluding hydrogens is 234 g/mol. The Morgan fingerprint density at radius 3 is 3.22 bits per heavy atom. The van der Waals surface area contributed by atoms with Gasteiger partial charge in [0, 0.05) is 44.9 Å². The van der Waals surface area contributed by atoms with E-state index in [1.54, 1.807) is 4.68 Å². The van der Waals surface area contributed by atoms with Gasteiger partial charge >= 0.3 is 0 Å². The molecule has 7 heteroatoms. The molecule has 1 aliphatic heterocycles. The third-order valence-corrected chi connectivity index (χ3v) is 2.91. The van der Waals surface area contributed by atoms with Crippen LogP contribution in [0.15, 0.2) is 6.20 Å². The first kappa shape index (κ1) is 13.0. The highest BCUT2D eigenvalue weighted by atomic mass is 16.3. The topological polar surface area (TPSA) is 92.1 Å². The SMILES string of the molecule is O=C1CCC(CNCc2cn(CCCO)nn2)N1. The quantitative estimate of drug-likeness (QED) is 0.581. The first-order valence-corrected chi connectivity index (χ1v) is 6.28. The van der Waals surface area contributed by atoms with Gasteiger partial charge in [-0.3, -0.25) is 9.48 Å². The summed E-state index contributed by atoms with van der Waals surface area (Å²) in [5.41, 5.74) is 0.872. The third kappa shape index (κ3) is 3.78. The molecule has 2 rings (SSSR count). The summed E-state index contributed by atoms with van der Waals surface area (Å²) in [5, 5.41) is 22.9. The Bertz CT molecular complexity index is 393. The Morgan fingerprint density at radius 1 is 1.61 bits per heavy atom. The number of aliphatic hydroxyl groups excluding tert-OH is 1. The largest absolute Gasteiger partial charge is 0.396 e. The fourth-order valence-electron chi connectivity index (χ4n) is 1.97. The van der Waals surface area contributed by atoms with Crippen molar-refractivity contribution in [1.29, 1.82) is 0 Å². The van der Waals surface area contributed by atoms with Gasteiger partial charge in [-0.15, -0.1) is 5.10 Å². The lowest BCUT2D eigenvalue weighted by atomic mass is 10.2. The molecule has 18 heavy (non-hydrogen) atoms. The highest BCUT2D eigenvalue weighted by Crippen LogP contribution is 2.05. The van der Waals surface area contributed by atoms with Gasteiger partial charge in [-0.05, 0) is 12.8 Å². The molecule has 3 N–H and O–H groups in total. The molecule has 1 atom stereocenters. The maximum atomic E-state index is 11.0. The van der Waals surface area contributed by atoms with E-state index >= 15 is 0 Å². The predicted molar refractivity (Wildman–Crippen MR) is 64.6 cm³/mol. The van der Waals surface area contributed by atoms with E-state index in [4.69, 9.17) is 5.11 Å². The van der Waals surface area contributed by atoms with Crippen LogP contribution < -0.4 is 10.6 Å². The Hall–Kier alpha value is -1.47. The number of rotatable bonds is 7. The van der Waals surface area contributed by atoms with E-state index in [1.165, 1.54) is 0 Å². The highest BCUT2D eigenvalue weighted by molar-refractivity contribution is 5.78. The second kappa shape index (κ2) is 6.46. The Morgan fingerprint density at radius 2 is 2.50 bits per heavy atom. The standard InChI is InChI=1S/C11H19N5O2/c17-5-1-4-16-8-10(14-15-16)7-12-6-9-2-3-11(18)13-9/h8-9,12,17H,1-7H2,(H,13,18). The molecule has 100 valence electrons. The predicted octanol–water partition coefficient (Wildman–Crippen LogP) is -0.971. The minimum atomic E-state index is 0.136. The smallest absolute Gasteiger partial charge is 0.220 e. The average Bonchev–Trinajstić information content (AvgIpc) is 2.96. The monoisotopic (exact) mass is 253 g/mol. The lowest BCUT2D eigenvalue weighted by Crippen LogP contribution is -2.35. The summed E-state index contributed by atoms with van der Waals surface area (Å²) in [4.78, 5) is 11.0. The minimum Gasteiger partial charge on any atom is -0.396 e. The molecule has 1 aromatic rings. The van der Waals surface area contributed by atoms with Crippen LogP contribution in [0.4, 0.5) is 0 Å². The summed E-state index contributed by atoms with van der Waals surface area (Å²) in [5.74, 6) is 0.136. The van der Waals surface area contributed by atoms with Gasteiger partial charge in [-0.25, -0.2) is 0 Å². The summed E-state index contributed by atoms with van der Waals surface area (Å²) in [6.45, 7) is 2.25. The molecule has 0 spiro atoms. The van der Waals surface area contributed by atoms with Gasteiger partial charge in [0.2, 0.25) is 5.91 Å². The average molecular weight is 253 g/mol. The zero-order chi connectivity index (χ0) is 12.8. The second-order valence-corrected chi connectivity index (χ2v) is 4.48. The number of aromatic nitrogens is 3. The zero-order valence-electron chi connectivity index (χ0n) is 10.3. The van der Waals surface area contributed by atoms with Crippen molar-refractivity contribution in [1.82, 2.24) is 25.6 Å². The van der Waals surface area contributed by atoms with Gasteiger partial charge < -0.3 is 15.7 Å². The molecule has 1 aliphatic rings. The van der Waals surface area contributed by atoms with Crippen LogP contribution >= 0.6 is 0 Å². The van der Waals surface area contributed by atoms with Crippen molar-refractivity contribution in [3.05, 3.63) is 11.9 Å². The molecule has 1 saturated heterocycles. The number of aryl methyl sites for hydroxylation is 1. The molecule has 1 fully saturated rings. The first-order chi connectivity index (χ1) is 8.78. The third-order valence-electron chi connectivity index (χ3n) is 2.91. The molecule has 7 nitrogen and oxygen atoms in total. The molecule has 2 heterocycles. The van der Waals surface area contributed by atoms with Crippen molar-refractivity contribution in [2.24, 2.45) is 0 Å². The van der Waals surface area contributed by atoms with Gasteiger partial charge in [0.1, 0.15) is 0 Å². The lowest BCUT2D eigenvalue weighted by Gasteiger charge is -2.09. The fraction of sp³-hybridized carbons (Fsp3) is 0.727. The normalized spacial score (nSPS) is 19.2. The van der Waals surface area contributed by atoms with Gasteiger partial charge in [0.05, 0.1) is 5.69 Å². The van der Waals surface area contributed by atoms with E-state index in [9.17, 15) is 4.79 Å². The second-order valence-electron chi connectivity index (χ2n) is 4.48. The van der Waals surface area contributed by atoms with Gasteiger partial charge in [-0.2, -0.15) is 0 Å². The van der Waals surface area contributed by atoms with Crippen LogP contribution in [-0.2, 0) is 17.9 Å². The summed E-state index contributed by atoms with van der Waals surface area (Å²) < 4.78 is 1.73. The van der Waals surface area contributed by atoms with E-state index in [0.29, 0.717) is 25.9 Å². The van der Waals surface area contributed by atoms with Crippen LogP contribution in [0, 0.1) is 0 Å². The number of nitrogens with one attached hydrogen (secondary N) is 2. The van der Waals surface area contributed by atoms with E-state index in [0.717, 1.165) is 18.7 Å². The maximum absolute atomic E-state index is 11.0. The Balaban J connectivity index is 1.66. The van der Waals surface area contributed by atoms with E-state index < -0.39 is 0 Å². The van der Waals surface area contributed by atoms with Crippen LogP contribution in [0.25, 0.3) is 0 Å². The summed E-state index contributed by atoms with van der Waals surface area (Å²) in [6, 6.07) is 0.238. The van der Waals surface area contributed by atoms with Crippen LogP contribution in [0.5, 0.6) is 0 Å². The molecule has 0 aromatic carbocycles. The van der Waals surface area contributed by atoms with Crippen LogP contribution in [0.1, 0.15) is 25.0 Å². The number of aliphatic hydroxyl groups is 1. The highest BCUT2D eigenvalue weighted by Gasteiger charge is 2.19. The van der Waals surface area contributed by atoms with Crippen molar-refractivity contribution in [3.63, 3.8) is 0 Å². The lowest BCUT2D eigenvalue weighted by molar-refractivity contribution is -0.119. The number of carbonyl (C=O) groups excluding carboxylic acids is 1. The molecule has 0 radical (unpaired) electrons. The first-order valence-electron chi connectivity index (χ1n) is 6.28. The molecule has 0 bridgehead atoms. The Labute approximate surface area is 106 Å². The number of nitrogens with zero attached hydrogens (tertiary/aromatic N) is 3. The van der Waals surface area contributed by atoms with Crippen LogP contribution in [0.3, 0.4) is 0 Å². The summed E-state index contributed by atoms with van der Waals surface area (Å²) in [6.07, 6.45) is 4.08. The van der Waals surface area contributed by atoms with Crippen molar-refractivity contribution >= 4 is 5.91 Å². The molecule has 1 aromatic heterocycles. The molecule has 0 aliphatic carbocycles. The molecular formula is C11H19N5O2. The van der Waals surface area contributed by atoms with Crippen LogP contribution in [0.2, 0.25) is 0 Å². The Kier molecular flexibility index (Phi) is 4.66. The minimum absolute atomic E-state index is 0.136. The number of amides is 1. The zero-order valence-corrected chi connectivity index (χ0v) is 10.3. The fourth-order valence-corrected chi connectivity index (χ4v) is 1.97. The van der Waals surface area contributed by atoms with Crippen molar-refractivity contribution in [2.45, 2.75) is 38.4 Å². The van der Waals surface area contributed by atoms with E-state index in [-0.39, 0.29) is 18.6 Å². The summed E-state index contributed by atoms with van der Waals surface area (Å²) in [7, 11) is 0. The number of hydrogen-bond acceptors (Lipinski definition) is 5. The number of hydrogen-bond donors (Lipinski definition) is 3. The van der Waals surface area contributed by atoms with Crippen LogP contribution in [-0.4, -0.2) is 45.2 Å². The van der Waals surface area contributed by atoms with Gasteiger partial charge in [-0.1, -0.05) is 5.21 Å². The van der Waals surface area contributed by atoms with Crippen molar-refractivity contribution in [2.75, 3.05) is 13.2 Å². The van der Waals surface area contributed by atoms with Gasteiger partial charge in [0.25, 0.3) is 0 Å². The molecule has 1 unspecified atom stereocenters. The molecule has 0 saturated carbocycles. The van der Waals surface area contributed by atoms with Crippen molar-refractivity contribution < 1.29 is 9.90 Å².